The van der Waals surface area contributed by atoms with E-state index in [1.54, 1.807) is 41.4 Å². The largest absolute Gasteiger partial charge is 0.457 e. The molecule has 7 aromatic carbocycles. The molecule has 0 saturated heterocycles. The number of nitrogens with two attached hydrogens (primary N) is 1. The van der Waals surface area contributed by atoms with Crippen LogP contribution in [0.5, 0.6) is 11.5 Å². The lowest BCUT2D eigenvalue weighted by atomic mass is 10.0. The number of aromatic nitrogens is 9. The molecule has 3 aromatic heterocycles. The zero-order valence-corrected chi connectivity index (χ0v) is 46.4. The highest BCUT2D eigenvalue weighted by Gasteiger charge is 2.12. The van der Waals surface area contributed by atoms with Crippen molar-refractivity contribution in [2.75, 3.05) is 27.9 Å². The van der Waals surface area contributed by atoms with Crippen molar-refractivity contribution in [1.29, 1.82) is 0 Å². The number of nitrogens with zero attached hydrogens (tertiary/aromatic N) is 6. The molecule has 8 N–H and O–H groups in total. The van der Waals surface area contributed by atoms with Crippen molar-refractivity contribution < 1.29 is 19.1 Å². The van der Waals surface area contributed by atoms with Crippen molar-refractivity contribution in [2.45, 2.75) is 57.4 Å². The maximum absolute atomic E-state index is 12.6. The van der Waals surface area contributed by atoms with Gasteiger partial charge in [-0.3, -0.25) is 24.6 Å². The van der Waals surface area contributed by atoms with E-state index in [4.69, 9.17) is 10.5 Å². The second kappa shape index (κ2) is 29.2. The smallest absolute Gasteiger partial charge is 0.255 e. The summed E-state index contributed by atoms with van der Waals surface area (Å²) >= 11 is 6.21. The van der Waals surface area contributed by atoms with Crippen LogP contribution in [0.25, 0.3) is 0 Å². The average molecular weight is 1130 g/mol. The maximum Gasteiger partial charge on any atom is 0.255 e. The monoisotopic (exact) mass is 1130 g/mol. The minimum absolute atomic E-state index is 0.104. The third kappa shape index (κ3) is 18.2. The van der Waals surface area contributed by atoms with Gasteiger partial charge in [0.25, 0.3) is 17.7 Å². The number of carbonyl (C=O) groups excluding carboxylic acids is 3. The number of aromatic amines is 3. The molecule has 0 aliphatic carbocycles. The van der Waals surface area contributed by atoms with Gasteiger partial charge in [-0.25, -0.2) is 15.1 Å². The van der Waals surface area contributed by atoms with Crippen molar-refractivity contribution in [1.82, 2.24) is 45.5 Å². The summed E-state index contributed by atoms with van der Waals surface area (Å²) < 4.78 is 5.77. The van der Waals surface area contributed by atoms with Gasteiger partial charge in [-0.1, -0.05) is 116 Å². The summed E-state index contributed by atoms with van der Waals surface area (Å²) in [5, 5.41) is 30.8. The summed E-state index contributed by atoms with van der Waals surface area (Å²) in [7, 11) is 0. The van der Waals surface area contributed by atoms with Crippen LogP contribution < -0.4 is 26.4 Å². The quantitative estimate of drug-likeness (QED) is 0.0372. The summed E-state index contributed by atoms with van der Waals surface area (Å²) in [4.78, 5) is 50.9. The highest BCUT2D eigenvalue weighted by molar-refractivity contribution is 7.99. The van der Waals surface area contributed by atoms with Gasteiger partial charge in [-0.2, -0.15) is 15.2 Å². The molecule has 0 spiro atoms. The van der Waals surface area contributed by atoms with Gasteiger partial charge in [-0.05, 0) is 144 Å². The van der Waals surface area contributed by atoms with Crippen LogP contribution in [0.1, 0.15) is 73.1 Å². The Morgan fingerprint density at radius 2 is 1.01 bits per heavy atom. The zero-order valence-electron chi connectivity index (χ0n) is 43.1. The Morgan fingerprint density at radius 3 is 1.48 bits per heavy atom. The number of hydrogen-bond acceptors (Lipinski definition) is 15. The number of ether oxygens (including phenoxy) is 1. The van der Waals surface area contributed by atoms with Crippen molar-refractivity contribution in [3.8, 4) is 11.5 Å². The normalized spacial score (nSPS) is 10.6. The van der Waals surface area contributed by atoms with Crippen LogP contribution in [-0.4, -0.2) is 69.5 Å². The SMILES string of the molecule is CC(C)c1cccc(NC(=O)c2cccc(CSc3ncn[nH]3)c2)c1.CSc1ccc(NC(=O)c2cccc(CSc3ncn[nH]3)c2)cc1.Nc1nc(SCc2cccc(C(=O)Nc3ccc(Oc4ccccc4)cc3)c2)n[nH]1. The number of H-pyrrole nitrogens is 3. The predicted octanol–water partition coefficient (Wildman–Crippen LogP) is 13.3. The first-order valence-corrected chi connectivity index (χ1v) is 28.7. The predicted molar refractivity (Wildman–Crippen MR) is 317 cm³/mol. The second-order valence-electron chi connectivity index (χ2n) is 17.4. The number of benzene rings is 7. The number of carbonyl (C=O) groups is 3. The minimum Gasteiger partial charge on any atom is -0.457 e. The first-order valence-electron chi connectivity index (χ1n) is 24.6. The van der Waals surface area contributed by atoms with E-state index in [1.807, 2.05) is 170 Å². The van der Waals surface area contributed by atoms with Gasteiger partial charge in [0.15, 0.2) is 10.3 Å². The Hall–Kier alpha value is -8.63. The van der Waals surface area contributed by atoms with E-state index in [0.29, 0.717) is 45.0 Å². The lowest BCUT2D eigenvalue weighted by Gasteiger charge is -2.10. The fourth-order valence-corrected chi connectivity index (χ4v) is 9.80. The molecule has 0 unspecified atom stereocenters. The Bertz CT molecular complexity index is 3510. The number of anilines is 4. The summed E-state index contributed by atoms with van der Waals surface area (Å²) in [6.07, 6.45) is 4.99. The number of thioether (sulfide) groups is 4. The van der Waals surface area contributed by atoms with Crippen LogP contribution in [0.4, 0.5) is 23.0 Å². The first kappa shape index (κ1) is 56.6. The first-order chi connectivity index (χ1) is 38.5. The number of hydrogen-bond donors (Lipinski definition) is 7. The molecule has 3 amide bonds. The molecular weight excluding hydrogens is 1070 g/mol. The number of amides is 3. The average Bonchev–Trinajstić information content (AvgIpc) is 4.31. The lowest BCUT2D eigenvalue weighted by Crippen LogP contribution is -2.12. The molecule has 21 heteroatoms. The Labute approximate surface area is 474 Å². The van der Waals surface area contributed by atoms with Crippen LogP contribution in [-0.2, 0) is 17.3 Å². The van der Waals surface area contributed by atoms with E-state index in [1.165, 1.54) is 34.9 Å². The van der Waals surface area contributed by atoms with Gasteiger partial charge in [0, 0.05) is 55.9 Å². The van der Waals surface area contributed by atoms with Gasteiger partial charge >= 0.3 is 0 Å². The number of nitrogens with one attached hydrogen (secondary N) is 6. The van der Waals surface area contributed by atoms with Crippen LogP contribution in [0, 0.1) is 0 Å². The summed E-state index contributed by atoms with van der Waals surface area (Å²) in [5.74, 6) is 3.84. The fourth-order valence-electron chi connectivity index (χ4n) is 7.20. The number of para-hydroxylation sites is 1. The van der Waals surface area contributed by atoms with Gasteiger partial charge in [0.1, 0.15) is 24.2 Å². The molecule has 3 heterocycles. The molecule has 400 valence electrons. The molecule has 10 rings (SSSR count). The fraction of sp³-hybridized carbons (Fsp3) is 0.121. The van der Waals surface area contributed by atoms with Gasteiger partial charge < -0.3 is 26.4 Å². The second-order valence-corrected chi connectivity index (χ2v) is 21.1. The topological polar surface area (TPSA) is 247 Å². The molecule has 0 saturated carbocycles. The van der Waals surface area contributed by atoms with Gasteiger partial charge in [0.05, 0.1) is 0 Å². The van der Waals surface area contributed by atoms with Gasteiger partial charge in [-0.15, -0.1) is 16.9 Å². The van der Waals surface area contributed by atoms with E-state index < -0.39 is 0 Å². The highest BCUT2D eigenvalue weighted by atomic mass is 32.2. The number of rotatable bonds is 19. The van der Waals surface area contributed by atoms with Crippen molar-refractivity contribution in [3.05, 3.63) is 228 Å². The van der Waals surface area contributed by atoms with E-state index >= 15 is 0 Å². The van der Waals surface area contributed by atoms with Crippen LogP contribution in [0.15, 0.2) is 209 Å². The molecule has 0 fully saturated rings. The molecule has 17 nitrogen and oxygen atoms in total. The van der Waals surface area contributed by atoms with Crippen LogP contribution >= 0.6 is 47.0 Å². The van der Waals surface area contributed by atoms with E-state index in [0.717, 1.165) is 55.6 Å². The van der Waals surface area contributed by atoms with E-state index in [2.05, 4.69) is 81.4 Å². The van der Waals surface area contributed by atoms with Crippen LogP contribution in [0.3, 0.4) is 0 Å². The van der Waals surface area contributed by atoms with E-state index in [-0.39, 0.29) is 23.7 Å². The van der Waals surface area contributed by atoms with E-state index in [9.17, 15) is 14.4 Å². The highest BCUT2D eigenvalue weighted by Crippen LogP contribution is 2.26. The van der Waals surface area contributed by atoms with Crippen molar-refractivity contribution in [2.24, 2.45) is 0 Å². The van der Waals surface area contributed by atoms with Crippen molar-refractivity contribution in [3.63, 3.8) is 0 Å². The molecule has 79 heavy (non-hydrogen) atoms. The molecule has 0 radical (unpaired) electrons. The summed E-state index contributed by atoms with van der Waals surface area (Å²) in [6.45, 7) is 4.27. The molecule has 10 aromatic rings. The van der Waals surface area contributed by atoms with Gasteiger partial charge in [0.2, 0.25) is 11.1 Å². The Balaban J connectivity index is 0.000000157. The molecule has 0 bridgehead atoms. The molecule has 0 aliphatic heterocycles. The Kier molecular flexibility index (Phi) is 20.9. The zero-order chi connectivity index (χ0) is 55.2. The molecule has 0 atom stereocenters. The Morgan fingerprint density at radius 1 is 0.532 bits per heavy atom. The molecule has 0 aliphatic rings. The standard InChI is InChI=1S/C22H19N5O2S.C19H20N4OS.C17H16N4OS2/c23-21-25-22(27-26-21)30-14-15-5-4-6-16(13-15)20(28)24-17-9-11-19(12-10-17)29-18-7-2-1-3-8-18;1-13(2)15-6-4-8-17(10-15)22-18(24)16-7-3-5-14(9-16)11-25-19-20-12-21-23-19;1-23-15-7-5-14(6-8-15)20-16(22)13-4-2-3-12(9-13)10-24-17-18-11-19-21-17/h1-13H,14H2,(H,24,28)(H3,23,25,26,27);3-10,12-13H,11H2,1-2H3,(H,22,24)(H,20,21,23);2-9,11H,10H2,1H3,(H,20,22)(H,18,19,21). The van der Waals surface area contributed by atoms with Crippen molar-refractivity contribution >= 4 is 87.8 Å². The molecular formula is C58H55N13O4S4. The number of nitrogen functional groups attached to an aromatic ring is 1. The summed E-state index contributed by atoms with van der Waals surface area (Å²) in [5.41, 5.74) is 14.0. The third-order valence-electron chi connectivity index (χ3n) is 11.2. The third-order valence-corrected chi connectivity index (χ3v) is 14.8. The summed E-state index contributed by atoms with van der Waals surface area (Å²) in [6, 6.07) is 55.2. The minimum atomic E-state index is -0.180. The lowest BCUT2D eigenvalue weighted by molar-refractivity contribution is 0.101. The van der Waals surface area contributed by atoms with Crippen LogP contribution in [0.2, 0.25) is 0 Å². The maximum atomic E-state index is 12.6.